The summed E-state index contributed by atoms with van der Waals surface area (Å²) in [4.78, 5) is 24.9. The molecule has 1 atom stereocenters. The number of rotatable bonds is 4. The van der Waals surface area contributed by atoms with Gasteiger partial charge >= 0.3 is 5.97 Å². The van der Waals surface area contributed by atoms with Crippen molar-refractivity contribution in [3.8, 4) is 0 Å². The number of benzene rings is 3. The van der Waals surface area contributed by atoms with Crippen molar-refractivity contribution in [2.45, 2.75) is 19.3 Å². The van der Waals surface area contributed by atoms with Crippen molar-refractivity contribution >= 4 is 17.8 Å². The van der Waals surface area contributed by atoms with Gasteiger partial charge in [0.1, 0.15) is 0 Å². The third-order valence-corrected chi connectivity index (χ3v) is 6.28. The Kier molecular flexibility index (Phi) is 3.99. The number of carbonyl (C=O) groups excluding carboxylic acids is 1. The summed E-state index contributed by atoms with van der Waals surface area (Å²) in [6, 6.07) is 23.1. The molecule has 0 unspecified atom stereocenters. The number of ketones is 1. The molecule has 0 aromatic heterocycles. The van der Waals surface area contributed by atoms with E-state index in [1.807, 2.05) is 48.5 Å². The van der Waals surface area contributed by atoms with Gasteiger partial charge < -0.3 is 5.11 Å². The van der Waals surface area contributed by atoms with Crippen molar-refractivity contribution in [3.05, 3.63) is 112 Å². The zero-order valence-electron chi connectivity index (χ0n) is 15.9. The Morgan fingerprint density at radius 2 is 1.59 bits per heavy atom. The number of hydrogen-bond donors (Lipinski definition) is 1. The highest BCUT2D eigenvalue weighted by atomic mass is 16.4. The first-order chi connectivity index (χ1) is 14.1. The fourth-order valence-corrected chi connectivity index (χ4v) is 4.78. The van der Waals surface area contributed by atoms with E-state index in [9.17, 15) is 14.7 Å². The van der Waals surface area contributed by atoms with E-state index in [-0.39, 0.29) is 11.3 Å². The second-order valence-corrected chi connectivity index (χ2v) is 7.97. The number of carbonyl (C=O) groups is 2. The van der Waals surface area contributed by atoms with Crippen LogP contribution in [-0.2, 0) is 19.3 Å². The maximum Gasteiger partial charge on any atom is 0.335 e. The summed E-state index contributed by atoms with van der Waals surface area (Å²) in [5, 5.41) is 9.18. The van der Waals surface area contributed by atoms with Crippen LogP contribution < -0.4 is 0 Å². The molecule has 3 aromatic rings. The van der Waals surface area contributed by atoms with Gasteiger partial charge in [-0.2, -0.15) is 0 Å². The van der Waals surface area contributed by atoms with E-state index in [1.54, 1.807) is 12.1 Å². The SMILES string of the molecule is O=C(O)c1ccc(C[C@@]2(C3=Cc4ccccc4C3)Cc3ccccc3C2=O)cc1. The summed E-state index contributed by atoms with van der Waals surface area (Å²) >= 11 is 0. The van der Waals surface area contributed by atoms with Gasteiger partial charge in [-0.15, -0.1) is 0 Å². The van der Waals surface area contributed by atoms with Crippen LogP contribution in [0.3, 0.4) is 0 Å². The predicted octanol–water partition coefficient (Wildman–Crippen LogP) is 4.99. The van der Waals surface area contributed by atoms with E-state index in [2.05, 4.69) is 18.2 Å². The van der Waals surface area contributed by atoms with Crippen LogP contribution in [0.5, 0.6) is 0 Å². The Labute approximate surface area is 169 Å². The molecule has 0 spiro atoms. The van der Waals surface area contributed by atoms with E-state index >= 15 is 0 Å². The molecule has 0 saturated carbocycles. The Morgan fingerprint density at radius 1 is 0.897 bits per heavy atom. The smallest absolute Gasteiger partial charge is 0.335 e. The maximum absolute atomic E-state index is 13.7. The molecule has 142 valence electrons. The largest absolute Gasteiger partial charge is 0.478 e. The summed E-state index contributed by atoms with van der Waals surface area (Å²) in [5.41, 5.74) is 6.13. The lowest BCUT2D eigenvalue weighted by molar-refractivity contribution is 0.0696. The Balaban J connectivity index is 1.58. The number of carboxylic acid groups (broad SMARTS) is 1. The van der Waals surface area contributed by atoms with Gasteiger partial charge in [-0.1, -0.05) is 72.3 Å². The first-order valence-corrected chi connectivity index (χ1v) is 9.81. The fourth-order valence-electron chi connectivity index (χ4n) is 4.78. The summed E-state index contributed by atoms with van der Waals surface area (Å²) in [7, 11) is 0. The minimum absolute atomic E-state index is 0.175. The molecule has 0 aliphatic heterocycles. The molecule has 0 saturated heterocycles. The monoisotopic (exact) mass is 380 g/mol. The fraction of sp³-hybridized carbons (Fsp3) is 0.154. The van der Waals surface area contributed by atoms with Crippen molar-refractivity contribution in [3.63, 3.8) is 0 Å². The molecule has 1 N–H and O–H groups in total. The van der Waals surface area contributed by atoms with E-state index in [4.69, 9.17) is 0 Å². The van der Waals surface area contributed by atoms with Crippen LogP contribution in [0.25, 0.3) is 6.08 Å². The van der Waals surface area contributed by atoms with Gasteiger partial charge in [-0.25, -0.2) is 4.79 Å². The molecule has 0 bridgehead atoms. The van der Waals surface area contributed by atoms with Crippen molar-refractivity contribution < 1.29 is 14.7 Å². The number of carboxylic acids is 1. The lowest BCUT2D eigenvalue weighted by Crippen LogP contribution is -2.33. The second kappa shape index (κ2) is 6.56. The zero-order valence-corrected chi connectivity index (χ0v) is 15.9. The summed E-state index contributed by atoms with van der Waals surface area (Å²) in [6.45, 7) is 0. The van der Waals surface area contributed by atoms with E-state index in [0.717, 1.165) is 28.7 Å². The van der Waals surface area contributed by atoms with Crippen LogP contribution in [-0.4, -0.2) is 16.9 Å². The zero-order chi connectivity index (χ0) is 20.0. The quantitative estimate of drug-likeness (QED) is 0.694. The second-order valence-electron chi connectivity index (χ2n) is 7.97. The Bertz CT molecular complexity index is 1170. The van der Waals surface area contributed by atoms with Gasteiger partial charge in [-0.3, -0.25) is 4.79 Å². The molecule has 2 aliphatic rings. The molecule has 0 heterocycles. The number of fused-ring (bicyclic) bond motifs is 2. The minimum Gasteiger partial charge on any atom is -0.478 e. The first-order valence-electron chi connectivity index (χ1n) is 9.81. The molecule has 0 fully saturated rings. The average Bonchev–Trinajstić information content (AvgIpc) is 3.29. The lowest BCUT2D eigenvalue weighted by atomic mass is 9.71. The molecular weight excluding hydrogens is 360 g/mol. The topological polar surface area (TPSA) is 54.4 Å². The van der Waals surface area contributed by atoms with Crippen LogP contribution in [0.1, 0.15) is 43.0 Å². The standard InChI is InChI=1S/C26H20O3/c27-24-23-8-4-3-7-21(23)16-26(24,15-17-9-11-18(12-10-17)25(28)29)22-13-19-5-1-2-6-20(19)14-22/h1-13H,14-16H2,(H,28,29)/t26-/m0/s1. The van der Waals surface area contributed by atoms with Gasteiger partial charge in [0, 0.05) is 5.56 Å². The van der Waals surface area contributed by atoms with Crippen LogP contribution in [0.2, 0.25) is 0 Å². The summed E-state index contributed by atoms with van der Waals surface area (Å²) < 4.78 is 0. The van der Waals surface area contributed by atoms with Crippen LogP contribution in [0.4, 0.5) is 0 Å². The van der Waals surface area contributed by atoms with E-state index < -0.39 is 11.4 Å². The minimum atomic E-state index is -0.940. The van der Waals surface area contributed by atoms with Crippen LogP contribution in [0, 0.1) is 5.41 Å². The molecule has 29 heavy (non-hydrogen) atoms. The predicted molar refractivity (Wildman–Crippen MR) is 112 cm³/mol. The normalized spacial score (nSPS) is 19.6. The van der Waals surface area contributed by atoms with Gasteiger partial charge in [0.15, 0.2) is 5.78 Å². The molecular formula is C26H20O3. The van der Waals surface area contributed by atoms with Crippen molar-refractivity contribution in [1.82, 2.24) is 0 Å². The third-order valence-electron chi connectivity index (χ3n) is 6.28. The van der Waals surface area contributed by atoms with Gasteiger partial charge in [-0.05, 0) is 53.6 Å². The highest BCUT2D eigenvalue weighted by molar-refractivity contribution is 6.08. The van der Waals surface area contributed by atoms with Crippen molar-refractivity contribution in [2.75, 3.05) is 0 Å². The lowest BCUT2D eigenvalue weighted by Gasteiger charge is -2.30. The Hall–Kier alpha value is -3.46. The molecule has 0 amide bonds. The van der Waals surface area contributed by atoms with Crippen molar-refractivity contribution in [1.29, 1.82) is 0 Å². The Morgan fingerprint density at radius 3 is 2.28 bits per heavy atom. The van der Waals surface area contributed by atoms with E-state index in [1.165, 1.54) is 11.1 Å². The van der Waals surface area contributed by atoms with Crippen molar-refractivity contribution in [2.24, 2.45) is 5.41 Å². The third kappa shape index (κ3) is 2.82. The maximum atomic E-state index is 13.7. The highest BCUT2D eigenvalue weighted by Gasteiger charge is 2.48. The molecule has 0 radical (unpaired) electrons. The number of Topliss-reactive ketones (excluding diaryl/α,β-unsaturated/α-hetero) is 1. The molecule has 5 rings (SSSR count). The summed E-state index contributed by atoms with van der Waals surface area (Å²) in [6.07, 6.45) is 4.22. The molecule has 3 nitrogen and oxygen atoms in total. The van der Waals surface area contributed by atoms with Gasteiger partial charge in [0.2, 0.25) is 0 Å². The van der Waals surface area contributed by atoms with E-state index in [0.29, 0.717) is 12.8 Å². The van der Waals surface area contributed by atoms with Gasteiger partial charge in [0.25, 0.3) is 0 Å². The number of hydrogen-bond acceptors (Lipinski definition) is 2. The molecule has 3 aromatic carbocycles. The number of allylic oxidation sites excluding steroid dienone is 1. The van der Waals surface area contributed by atoms with Crippen LogP contribution in [0.15, 0.2) is 78.4 Å². The van der Waals surface area contributed by atoms with Crippen LogP contribution >= 0.6 is 0 Å². The van der Waals surface area contributed by atoms with Gasteiger partial charge in [0.05, 0.1) is 11.0 Å². The highest BCUT2D eigenvalue weighted by Crippen LogP contribution is 2.48. The molecule has 3 heteroatoms. The number of aromatic carboxylic acids is 1. The first kappa shape index (κ1) is 17.6. The average molecular weight is 380 g/mol. The summed E-state index contributed by atoms with van der Waals surface area (Å²) in [5.74, 6) is -0.765. The molecule has 2 aliphatic carbocycles.